The zero-order valence-corrected chi connectivity index (χ0v) is 22.6. The van der Waals surface area contributed by atoms with Gasteiger partial charge in [0.2, 0.25) is 0 Å². The van der Waals surface area contributed by atoms with Crippen LogP contribution in [0.4, 0.5) is 0 Å². The molecular weight excluding hydrogens is 459 g/mol. The Balaban J connectivity index is 0.00000103. The van der Waals surface area contributed by atoms with E-state index in [1.54, 1.807) is 6.07 Å². The fourth-order valence-electron chi connectivity index (χ4n) is 5.21. The average Bonchev–Trinajstić information content (AvgIpc) is 2.79. The topological polar surface area (TPSA) is 27.0 Å². The van der Waals surface area contributed by atoms with Crippen molar-refractivity contribution in [2.75, 3.05) is 13.1 Å². The summed E-state index contributed by atoms with van der Waals surface area (Å²) in [6.07, 6.45) is 10.2. The SMILES string of the molecule is CC#N.CC(C)N(CCCc1c(C2(Cl)CCC2)cccc1C1(Cl)CCC1)CCc1ccccc1. The second-order valence-corrected chi connectivity index (χ2v) is 11.6. The lowest BCUT2D eigenvalue weighted by Gasteiger charge is -2.42. The third kappa shape index (κ3) is 6.57. The molecule has 2 aliphatic rings. The van der Waals surface area contributed by atoms with Crippen LogP contribution in [0.5, 0.6) is 0 Å². The molecule has 2 aromatic rings. The largest absolute Gasteiger partial charge is 0.301 e. The van der Waals surface area contributed by atoms with Gasteiger partial charge in [-0.15, -0.1) is 23.2 Å². The van der Waals surface area contributed by atoms with Gasteiger partial charge in [-0.1, -0.05) is 48.5 Å². The van der Waals surface area contributed by atoms with Crippen molar-refractivity contribution in [3.63, 3.8) is 0 Å². The van der Waals surface area contributed by atoms with Crippen molar-refractivity contribution in [3.8, 4) is 6.07 Å². The van der Waals surface area contributed by atoms with Crippen LogP contribution in [0, 0.1) is 11.3 Å². The monoisotopic (exact) mass is 498 g/mol. The van der Waals surface area contributed by atoms with Crippen molar-refractivity contribution in [2.45, 2.75) is 94.3 Å². The van der Waals surface area contributed by atoms with Crippen molar-refractivity contribution >= 4 is 23.2 Å². The minimum absolute atomic E-state index is 0.159. The predicted octanol–water partition coefficient (Wildman–Crippen LogP) is 8.34. The van der Waals surface area contributed by atoms with E-state index >= 15 is 0 Å². The molecule has 2 fully saturated rings. The summed E-state index contributed by atoms with van der Waals surface area (Å²) >= 11 is 14.2. The molecule has 0 aromatic heterocycles. The number of rotatable bonds is 10. The van der Waals surface area contributed by atoms with Crippen LogP contribution in [0.3, 0.4) is 0 Å². The average molecular weight is 500 g/mol. The van der Waals surface area contributed by atoms with E-state index < -0.39 is 0 Å². The summed E-state index contributed by atoms with van der Waals surface area (Å²) in [5.74, 6) is 0. The molecule has 0 unspecified atom stereocenters. The number of nitriles is 1. The summed E-state index contributed by atoms with van der Waals surface area (Å²) in [5.41, 5.74) is 5.61. The lowest BCUT2D eigenvalue weighted by molar-refractivity contribution is 0.221. The highest BCUT2D eigenvalue weighted by atomic mass is 35.5. The number of halogens is 2. The second kappa shape index (κ2) is 12.4. The molecule has 4 heteroatoms. The standard InChI is InChI=1S/C28H37Cl2N.C2H3N/c1-22(2)31(21-15-23-10-4-3-5-11-23)20-7-12-24-25(27(29)16-8-17-27)13-6-14-26(24)28(30)18-9-19-28;1-2-3/h3-6,10-11,13-14,22H,7-9,12,15-21H2,1-2H3;1H3. The fraction of sp³-hybridized carbons (Fsp3) is 0.567. The molecule has 0 radical (unpaired) electrons. The summed E-state index contributed by atoms with van der Waals surface area (Å²) in [6, 6.07) is 19.9. The molecule has 0 aliphatic heterocycles. The maximum atomic E-state index is 7.32. The van der Waals surface area contributed by atoms with Gasteiger partial charge in [-0.05, 0) is 100 Å². The van der Waals surface area contributed by atoms with Crippen LogP contribution in [0.25, 0.3) is 0 Å². The Labute approximate surface area is 217 Å². The van der Waals surface area contributed by atoms with E-state index in [1.165, 1.54) is 42.0 Å². The molecule has 0 N–H and O–H groups in total. The molecule has 2 saturated carbocycles. The smallest absolute Gasteiger partial charge is 0.0697 e. The molecule has 4 rings (SSSR count). The van der Waals surface area contributed by atoms with Gasteiger partial charge >= 0.3 is 0 Å². The maximum Gasteiger partial charge on any atom is 0.0697 e. The first-order valence-electron chi connectivity index (χ1n) is 12.9. The van der Waals surface area contributed by atoms with Gasteiger partial charge in [0, 0.05) is 19.5 Å². The molecule has 0 bridgehead atoms. The third-order valence-electron chi connectivity index (χ3n) is 7.57. The summed E-state index contributed by atoms with van der Waals surface area (Å²) in [4.78, 5) is 2.30. The van der Waals surface area contributed by atoms with E-state index in [9.17, 15) is 0 Å². The summed E-state index contributed by atoms with van der Waals surface area (Å²) in [5, 5.41) is 7.32. The Bertz CT molecular complexity index is 902. The van der Waals surface area contributed by atoms with E-state index in [-0.39, 0.29) is 9.75 Å². The number of hydrogen-bond donors (Lipinski definition) is 0. The van der Waals surface area contributed by atoms with Crippen LogP contribution in [0.15, 0.2) is 48.5 Å². The van der Waals surface area contributed by atoms with Crippen molar-refractivity contribution in [3.05, 3.63) is 70.8 Å². The zero-order valence-electron chi connectivity index (χ0n) is 21.1. The molecule has 0 spiro atoms. The minimum atomic E-state index is -0.159. The molecule has 2 nitrogen and oxygen atoms in total. The highest BCUT2D eigenvalue weighted by Crippen LogP contribution is 2.53. The molecule has 0 saturated heterocycles. The Morgan fingerprint density at radius 1 is 0.853 bits per heavy atom. The third-order valence-corrected chi connectivity index (χ3v) is 8.73. The fourth-order valence-corrected chi connectivity index (χ4v) is 6.10. The Hall–Kier alpha value is -1.53. The van der Waals surface area contributed by atoms with Crippen LogP contribution in [0.1, 0.15) is 88.0 Å². The van der Waals surface area contributed by atoms with Gasteiger partial charge < -0.3 is 4.90 Å². The quantitative estimate of drug-likeness (QED) is 0.307. The molecule has 2 aliphatic carbocycles. The first-order valence-corrected chi connectivity index (χ1v) is 13.7. The zero-order chi connectivity index (χ0) is 24.6. The van der Waals surface area contributed by atoms with Gasteiger partial charge in [-0.25, -0.2) is 0 Å². The molecule has 0 atom stereocenters. The molecular formula is C30H40Cl2N2. The van der Waals surface area contributed by atoms with Gasteiger partial charge in [0.15, 0.2) is 0 Å². The lowest BCUT2D eigenvalue weighted by Crippen LogP contribution is -2.35. The lowest BCUT2D eigenvalue weighted by atomic mass is 9.71. The normalized spacial score (nSPS) is 17.8. The number of hydrogen-bond acceptors (Lipinski definition) is 2. The van der Waals surface area contributed by atoms with Crippen LogP contribution in [0.2, 0.25) is 0 Å². The van der Waals surface area contributed by atoms with Crippen LogP contribution in [-0.4, -0.2) is 24.0 Å². The summed E-state index contributed by atoms with van der Waals surface area (Å²) in [6.45, 7) is 8.28. The van der Waals surface area contributed by atoms with E-state index in [0.29, 0.717) is 6.04 Å². The molecule has 0 amide bonds. The van der Waals surface area contributed by atoms with Gasteiger partial charge in [0.25, 0.3) is 0 Å². The van der Waals surface area contributed by atoms with Crippen molar-refractivity contribution in [1.29, 1.82) is 5.26 Å². The van der Waals surface area contributed by atoms with E-state index in [2.05, 4.69) is 67.3 Å². The molecule has 184 valence electrons. The van der Waals surface area contributed by atoms with Crippen molar-refractivity contribution in [1.82, 2.24) is 4.90 Å². The highest BCUT2D eigenvalue weighted by molar-refractivity contribution is 6.25. The minimum Gasteiger partial charge on any atom is -0.301 e. The van der Waals surface area contributed by atoms with Gasteiger partial charge in [-0.2, -0.15) is 5.26 Å². The van der Waals surface area contributed by atoms with Crippen LogP contribution < -0.4 is 0 Å². The summed E-state index contributed by atoms with van der Waals surface area (Å²) < 4.78 is 0. The van der Waals surface area contributed by atoms with Crippen LogP contribution >= 0.6 is 23.2 Å². The van der Waals surface area contributed by atoms with Gasteiger partial charge in [-0.3, -0.25) is 0 Å². The predicted molar refractivity (Wildman–Crippen MR) is 146 cm³/mol. The van der Waals surface area contributed by atoms with E-state index in [4.69, 9.17) is 28.5 Å². The Kier molecular flexibility index (Phi) is 9.90. The first-order chi connectivity index (χ1) is 16.3. The summed E-state index contributed by atoms with van der Waals surface area (Å²) in [7, 11) is 0. The maximum absolute atomic E-state index is 7.32. The number of benzene rings is 2. The number of alkyl halides is 2. The second-order valence-electron chi connectivity index (χ2n) is 10.2. The van der Waals surface area contributed by atoms with E-state index in [1.807, 2.05) is 0 Å². The van der Waals surface area contributed by atoms with Crippen molar-refractivity contribution < 1.29 is 0 Å². The van der Waals surface area contributed by atoms with Gasteiger partial charge in [0.05, 0.1) is 15.8 Å². The van der Waals surface area contributed by atoms with Gasteiger partial charge in [0.1, 0.15) is 0 Å². The Morgan fingerprint density at radius 2 is 1.38 bits per heavy atom. The molecule has 2 aromatic carbocycles. The highest BCUT2D eigenvalue weighted by Gasteiger charge is 2.42. The van der Waals surface area contributed by atoms with Crippen molar-refractivity contribution in [2.24, 2.45) is 0 Å². The van der Waals surface area contributed by atoms with Crippen LogP contribution in [-0.2, 0) is 22.6 Å². The first kappa shape index (κ1) is 27.1. The number of nitrogens with zero attached hydrogens (tertiary/aromatic N) is 2. The van der Waals surface area contributed by atoms with E-state index in [0.717, 1.165) is 58.0 Å². The molecule has 34 heavy (non-hydrogen) atoms. The Morgan fingerprint density at radius 3 is 1.82 bits per heavy atom. The molecule has 0 heterocycles.